The molecule has 0 aromatic carbocycles. The molecule has 0 bridgehead atoms. The number of nitrogens with zero attached hydrogens (tertiary/aromatic N) is 1. The normalized spacial score (nSPS) is 52.4. The molecule has 1 nitrogen and oxygen atoms in total. The molecule has 2 heteroatoms. The van der Waals surface area contributed by atoms with Crippen molar-refractivity contribution < 1.29 is 4.39 Å². The van der Waals surface area contributed by atoms with Crippen LogP contribution in [0.3, 0.4) is 0 Å². The smallest absolute Gasteiger partial charge is 0.108 e. The molecule has 86 valence electrons. The molecule has 3 aliphatic rings. The summed E-state index contributed by atoms with van der Waals surface area (Å²) in [4.78, 5) is 2.60. The van der Waals surface area contributed by atoms with Gasteiger partial charge in [0.05, 0.1) is 0 Å². The number of fused-ring (bicyclic) bond motifs is 1. The Labute approximate surface area is 92.0 Å². The molecule has 0 aromatic rings. The predicted molar refractivity (Wildman–Crippen MR) is 59.6 cm³/mol. The molecule has 0 aromatic heterocycles. The Balaban J connectivity index is 1.95. The second-order valence-corrected chi connectivity index (χ2v) is 6.65. The van der Waals surface area contributed by atoms with Crippen molar-refractivity contribution in [3.63, 3.8) is 0 Å². The second-order valence-electron chi connectivity index (χ2n) is 6.65. The molecule has 3 atom stereocenters. The van der Waals surface area contributed by atoms with E-state index in [-0.39, 0.29) is 5.41 Å². The Morgan fingerprint density at radius 3 is 2.53 bits per heavy atom. The summed E-state index contributed by atoms with van der Waals surface area (Å²) in [6, 6.07) is 0. The average molecular weight is 211 g/mol. The first-order valence-corrected chi connectivity index (χ1v) is 6.35. The molecule has 2 saturated heterocycles. The average Bonchev–Trinajstić information content (AvgIpc) is 2.55. The summed E-state index contributed by atoms with van der Waals surface area (Å²) in [6.45, 7) is 9.27. The van der Waals surface area contributed by atoms with Gasteiger partial charge >= 0.3 is 0 Å². The largest absolute Gasteiger partial charge is 0.296 e. The highest BCUT2D eigenvalue weighted by molar-refractivity contribution is 5.22. The van der Waals surface area contributed by atoms with Gasteiger partial charge in [0, 0.05) is 17.5 Å². The summed E-state index contributed by atoms with van der Waals surface area (Å²) in [5.74, 6) is 0. The molecule has 1 aliphatic carbocycles. The fourth-order valence-electron chi connectivity index (χ4n) is 4.36. The van der Waals surface area contributed by atoms with E-state index < -0.39 is 6.17 Å². The molecule has 0 radical (unpaired) electrons. The predicted octanol–water partition coefficient (Wildman–Crippen LogP) is 3.00. The first-order valence-electron chi connectivity index (χ1n) is 6.35. The monoisotopic (exact) mass is 211 g/mol. The van der Waals surface area contributed by atoms with E-state index in [2.05, 4.69) is 25.7 Å². The van der Waals surface area contributed by atoms with Crippen molar-refractivity contribution in [3.05, 3.63) is 0 Å². The van der Waals surface area contributed by atoms with Gasteiger partial charge in [0.2, 0.25) is 0 Å². The summed E-state index contributed by atoms with van der Waals surface area (Å²) >= 11 is 0. The fourth-order valence-corrected chi connectivity index (χ4v) is 4.36. The van der Waals surface area contributed by atoms with Gasteiger partial charge in [-0.1, -0.05) is 20.8 Å². The van der Waals surface area contributed by atoms with Gasteiger partial charge < -0.3 is 0 Å². The highest BCUT2D eigenvalue weighted by atomic mass is 19.1. The number of alkyl halides is 1. The highest BCUT2D eigenvalue weighted by Gasteiger charge is 2.69. The highest BCUT2D eigenvalue weighted by Crippen LogP contribution is 2.66. The minimum absolute atomic E-state index is 0.0771. The maximum atomic E-state index is 13.5. The Bertz CT molecular complexity index is 301. The van der Waals surface area contributed by atoms with Crippen LogP contribution in [0.2, 0.25) is 0 Å². The molecule has 1 spiro atoms. The molecule has 1 saturated carbocycles. The van der Waals surface area contributed by atoms with Crippen LogP contribution in [-0.4, -0.2) is 29.7 Å². The van der Waals surface area contributed by atoms with Crippen molar-refractivity contribution in [2.45, 2.75) is 58.2 Å². The van der Waals surface area contributed by atoms with Crippen LogP contribution in [0.5, 0.6) is 0 Å². The molecular formula is C13H22FN. The first-order chi connectivity index (χ1) is 6.96. The van der Waals surface area contributed by atoms with E-state index in [4.69, 9.17) is 0 Å². The van der Waals surface area contributed by atoms with Gasteiger partial charge in [-0.15, -0.1) is 0 Å². The van der Waals surface area contributed by atoms with Crippen molar-refractivity contribution in [2.24, 2.45) is 10.8 Å². The topological polar surface area (TPSA) is 3.24 Å². The van der Waals surface area contributed by atoms with Gasteiger partial charge in [-0.3, -0.25) is 4.90 Å². The molecule has 0 unspecified atom stereocenters. The van der Waals surface area contributed by atoms with Crippen LogP contribution in [-0.2, 0) is 0 Å². The molecule has 0 N–H and O–H groups in total. The van der Waals surface area contributed by atoms with Crippen LogP contribution in [0.4, 0.5) is 4.39 Å². The SMILES string of the molecule is CC[C@]12C[C@@]3(C[C@@H]3F)CN1CCC2(C)C. The van der Waals surface area contributed by atoms with E-state index in [1.807, 2.05) is 0 Å². The summed E-state index contributed by atoms with van der Waals surface area (Å²) in [5.41, 5.74) is 0.773. The van der Waals surface area contributed by atoms with E-state index in [9.17, 15) is 4.39 Å². The Morgan fingerprint density at radius 2 is 2.07 bits per heavy atom. The van der Waals surface area contributed by atoms with Gasteiger partial charge in [0.15, 0.2) is 0 Å². The van der Waals surface area contributed by atoms with Crippen LogP contribution in [0, 0.1) is 10.8 Å². The fraction of sp³-hybridized carbons (Fsp3) is 1.00. The third-order valence-corrected chi connectivity index (χ3v) is 5.70. The quantitative estimate of drug-likeness (QED) is 0.644. The zero-order valence-electron chi connectivity index (χ0n) is 10.1. The van der Waals surface area contributed by atoms with Crippen LogP contribution in [0.25, 0.3) is 0 Å². The van der Waals surface area contributed by atoms with Crippen molar-refractivity contribution in [3.8, 4) is 0 Å². The van der Waals surface area contributed by atoms with E-state index in [0.717, 1.165) is 19.4 Å². The first kappa shape index (κ1) is 10.1. The summed E-state index contributed by atoms with van der Waals surface area (Å²) in [5, 5.41) is 0. The van der Waals surface area contributed by atoms with Gasteiger partial charge in [-0.2, -0.15) is 0 Å². The van der Waals surface area contributed by atoms with Crippen molar-refractivity contribution >= 4 is 0 Å². The standard InChI is InChI=1S/C13H22FN/c1-4-13-8-12(7-10(12)14)9-15(13)6-5-11(13,2)3/h10H,4-9H2,1-3H3/t10-,12-,13+/m0/s1. The van der Waals surface area contributed by atoms with Crippen molar-refractivity contribution in [2.75, 3.05) is 13.1 Å². The van der Waals surface area contributed by atoms with Gasteiger partial charge in [0.25, 0.3) is 0 Å². The van der Waals surface area contributed by atoms with E-state index >= 15 is 0 Å². The maximum Gasteiger partial charge on any atom is 0.108 e. The van der Waals surface area contributed by atoms with Gasteiger partial charge in [0.1, 0.15) is 6.17 Å². The van der Waals surface area contributed by atoms with Crippen molar-refractivity contribution in [1.29, 1.82) is 0 Å². The lowest BCUT2D eigenvalue weighted by atomic mass is 9.68. The third kappa shape index (κ3) is 1.02. The number of rotatable bonds is 1. The summed E-state index contributed by atoms with van der Waals surface area (Å²) in [6.07, 6.45) is 3.93. The zero-order chi connectivity index (χ0) is 10.9. The third-order valence-electron chi connectivity index (χ3n) is 5.70. The lowest BCUT2D eigenvalue weighted by Gasteiger charge is -2.42. The lowest BCUT2D eigenvalue weighted by Crippen LogP contribution is -2.46. The maximum absolute atomic E-state index is 13.5. The molecular weight excluding hydrogens is 189 g/mol. The van der Waals surface area contributed by atoms with Crippen LogP contribution >= 0.6 is 0 Å². The molecule has 0 amide bonds. The van der Waals surface area contributed by atoms with Crippen LogP contribution in [0.1, 0.15) is 46.5 Å². The second kappa shape index (κ2) is 2.58. The van der Waals surface area contributed by atoms with Crippen LogP contribution in [0.15, 0.2) is 0 Å². The van der Waals surface area contributed by atoms with E-state index in [0.29, 0.717) is 11.0 Å². The molecule has 2 heterocycles. The number of hydrogen-bond donors (Lipinski definition) is 0. The van der Waals surface area contributed by atoms with Gasteiger partial charge in [-0.05, 0) is 37.6 Å². The van der Waals surface area contributed by atoms with E-state index in [1.54, 1.807) is 0 Å². The number of halogens is 1. The van der Waals surface area contributed by atoms with Gasteiger partial charge in [-0.25, -0.2) is 4.39 Å². The Kier molecular flexibility index (Phi) is 1.73. The summed E-state index contributed by atoms with van der Waals surface area (Å²) < 4.78 is 13.5. The van der Waals surface area contributed by atoms with Crippen LogP contribution < -0.4 is 0 Å². The minimum atomic E-state index is -0.498. The summed E-state index contributed by atoms with van der Waals surface area (Å²) in [7, 11) is 0. The van der Waals surface area contributed by atoms with Crippen molar-refractivity contribution in [1.82, 2.24) is 4.90 Å². The minimum Gasteiger partial charge on any atom is -0.296 e. The Hall–Kier alpha value is -0.110. The number of hydrogen-bond acceptors (Lipinski definition) is 1. The molecule has 3 fully saturated rings. The molecule has 2 aliphatic heterocycles. The molecule has 15 heavy (non-hydrogen) atoms. The Morgan fingerprint density at radius 1 is 1.40 bits per heavy atom. The zero-order valence-corrected chi connectivity index (χ0v) is 10.1. The molecule has 3 rings (SSSR count). The lowest BCUT2D eigenvalue weighted by molar-refractivity contribution is 0.0888. The van der Waals surface area contributed by atoms with E-state index in [1.165, 1.54) is 19.4 Å².